The SMILES string of the molecule is N#CC1(NC(=O)[C@@H]2C[C@@H](S(=O)(=O)c3ccc(-n4cccn4)cc3Cl)CN2C(=O)C2(c3ccc(Cl)nc3)CC2)CC1. The number of amides is 2. The van der Waals surface area contributed by atoms with Crippen LogP contribution in [0.1, 0.15) is 37.7 Å². The number of rotatable bonds is 7. The van der Waals surface area contributed by atoms with E-state index in [9.17, 15) is 23.3 Å². The van der Waals surface area contributed by atoms with Crippen molar-refractivity contribution < 1.29 is 18.0 Å². The maximum absolute atomic E-state index is 14.0. The van der Waals surface area contributed by atoms with Gasteiger partial charge in [-0.15, -0.1) is 0 Å². The lowest BCUT2D eigenvalue weighted by atomic mass is 9.95. The Kier molecular flexibility index (Phi) is 6.40. The van der Waals surface area contributed by atoms with Gasteiger partial charge in [-0.3, -0.25) is 9.59 Å². The van der Waals surface area contributed by atoms with Crippen LogP contribution in [-0.2, 0) is 24.8 Å². The van der Waals surface area contributed by atoms with E-state index in [1.807, 2.05) is 0 Å². The number of carbonyl (C=O) groups is 2. The Hall–Kier alpha value is -3.46. The van der Waals surface area contributed by atoms with Gasteiger partial charge in [0, 0.05) is 25.1 Å². The summed E-state index contributed by atoms with van der Waals surface area (Å²) in [5.74, 6) is -0.869. The minimum absolute atomic E-state index is 0.0195. The number of pyridine rings is 1. The fraction of sp³-hybridized carbons (Fsp3) is 0.370. The van der Waals surface area contributed by atoms with E-state index in [4.69, 9.17) is 23.2 Å². The Bertz CT molecular complexity index is 1640. The number of sulfone groups is 1. The maximum Gasteiger partial charge on any atom is 0.244 e. The van der Waals surface area contributed by atoms with Crippen molar-refractivity contribution in [1.29, 1.82) is 5.26 Å². The molecule has 2 atom stereocenters. The predicted molar refractivity (Wildman–Crippen MR) is 146 cm³/mol. The largest absolute Gasteiger partial charge is 0.336 e. The van der Waals surface area contributed by atoms with Gasteiger partial charge in [-0.25, -0.2) is 18.1 Å². The molecule has 1 N–H and O–H groups in total. The van der Waals surface area contributed by atoms with Crippen LogP contribution < -0.4 is 5.32 Å². The van der Waals surface area contributed by atoms with Gasteiger partial charge in [0.1, 0.15) is 16.7 Å². The number of nitriles is 1. The molecule has 206 valence electrons. The van der Waals surface area contributed by atoms with Crippen LogP contribution in [0.4, 0.5) is 0 Å². The molecule has 1 aliphatic heterocycles. The van der Waals surface area contributed by atoms with E-state index in [1.165, 1.54) is 17.0 Å². The van der Waals surface area contributed by atoms with Crippen molar-refractivity contribution in [3.8, 4) is 11.8 Å². The summed E-state index contributed by atoms with van der Waals surface area (Å²) in [5, 5.41) is 15.6. The van der Waals surface area contributed by atoms with E-state index in [0.29, 0.717) is 42.1 Å². The van der Waals surface area contributed by atoms with E-state index in [2.05, 4.69) is 21.5 Å². The average Bonchev–Trinajstić information content (AvgIpc) is 3.78. The zero-order valence-electron chi connectivity index (χ0n) is 21.1. The first-order chi connectivity index (χ1) is 19.1. The second-order valence-corrected chi connectivity index (χ2v) is 13.6. The molecule has 2 saturated carbocycles. The summed E-state index contributed by atoms with van der Waals surface area (Å²) in [5.41, 5.74) is -0.607. The first-order valence-corrected chi connectivity index (χ1v) is 15.1. The maximum atomic E-state index is 14.0. The van der Waals surface area contributed by atoms with Gasteiger partial charge in [0.15, 0.2) is 9.84 Å². The lowest BCUT2D eigenvalue weighted by Gasteiger charge is -2.29. The van der Waals surface area contributed by atoms with Crippen molar-refractivity contribution in [2.45, 2.75) is 59.2 Å². The van der Waals surface area contributed by atoms with Crippen LogP contribution in [-0.4, -0.2) is 63.3 Å². The first kappa shape index (κ1) is 26.7. The molecule has 0 spiro atoms. The highest BCUT2D eigenvalue weighted by Gasteiger charge is 2.58. The van der Waals surface area contributed by atoms with E-state index in [1.54, 1.807) is 47.5 Å². The summed E-state index contributed by atoms with van der Waals surface area (Å²) in [7, 11) is -4.05. The monoisotopic (exact) mass is 598 g/mol. The smallest absolute Gasteiger partial charge is 0.244 e. The molecule has 40 heavy (non-hydrogen) atoms. The summed E-state index contributed by atoms with van der Waals surface area (Å²) >= 11 is 12.4. The summed E-state index contributed by atoms with van der Waals surface area (Å²) < 4.78 is 29.3. The molecular weight excluding hydrogens is 575 g/mol. The molecule has 3 heterocycles. The van der Waals surface area contributed by atoms with Gasteiger partial charge in [-0.05, 0) is 68.0 Å². The number of carbonyl (C=O) groups excluding carboxylic acids is 2. The third-order valence-electron chi connectivity index (χ3n) is 8.02. The van der Waals surface area contributed by atoms with Gasteiger partial charge in [-0.1, -0.05) is 29.3 Å². The van der Waals surface area contributed by atoms with Crippen molar-refractivity contribution in [2.24, 2.45) is 0 Å². The Labute approximate surface area is 240 Å². The topological polar surface area (TPSA) is 138 Å². The summed E-state index contributed by atoms with van der Waals surface area (Å²) in [6.07, 6.45) is 6.84. The lowest BCUT2D eigenvalue weighted by Crippen LogP contribution is -2.51. The fourth-order valence-corrected chi connectivity index (χ4v) is 7.70. The summed E-state index contributed by atoms with van der Waals surface area (Å²) in [6, 6.07) is 10.7. The first-order valence-electron chi connectivity index (χ1n) is 12.8. The van der Waals surface area contributed by atoms with Crippen LogP contribution in [0.15, 0.2) is 59.9 Å². The Morgan fingerprint density at radius 2 is 1.90 bits per heavy atom. The minimum Gasteiger partial charge on any atom is -0.336 e. The fourth-order valence-electron chi connectivity index (χ4n) is 5.35. The number of nitrogens with zero attached hydrogens (tertiary/aromatic N) is 5. The molecule has 0 bridgehead atoms. The van der Waals surface area contributed by atoms with Crippen LogP contribution in [0.3, 0.4) is 0 Å². The number of hydrogen-bond donors (Lipinski definition) is 1. The van der Waals surface area contributed by atoms with E-state index in [0.717, 1.165) is 0 Å². The van der Waals surface area contributed by atoms with Gasteiger partial charge in [0.25, 0.3) is 0 Å². The van der Waals surface area contributed by atoms with Crippen LogP contribution >= 0.6 is 23.2 Å². The molecule has 2 aliphatic carbocycles. The second-order valence-electron chi connectivity index (χ2n) is 10.6. The molecule has 1 saturated heterocycles. The molecule has 2 amide bonds. The summed E-state index contributed by atoms with van der Waals surface area (Å²) in [6.45, 7) is -0.182. The molecular formula is C27H24Cl2N6O4S. The number of aromatic nitrogens is 3. The molecule has 6 rings (SSSR count). The highest BCUT2D eigenvalue weighted by molar-refractivity contribution is 7.92. The Morgan fingerprint density at radius 1 is 1.12 bits per heavy atom. The molecule has 0 unspecified atom stereocenters. The van der Waals surface area contributed by atoms with Crippen LogP contribution in [0.5, 0.6) is 0 Å². The third-order valence-corrected chi connectivity index (χ3v) is 10.9. The molecule has 3 aromatic rings. The van der Waals surface area contributed by atoms with Crippen molar-refractivity contribution in [1.82, 2.24) is 25.0 Å². The zero-order chi connectivity index (χ0) is 28.3. The van der Waals surface area contributed by atoms with Crippen molar-refractivity contribution in [3.63, 3.8) is 0 Å². The van der Waals surface area contributed by atoms with Gasteiger partial charge in [0.2, 0.25) is 11.8 Å². The van der Waals surface area contributed by atoms with Crippen LogP contribution in [0.2, 0.25) is 10.2 Å². The molecule has 3 fully saturated rings. The second kappa shape index (κ2) is 9.58. The van der Waals surface area contributed by atoms with Crippen molar-refractivity contribution in [3.05, 3.63) is 70.7 Å². The number of likely N-dealkylation sites (tertiary alicyclic amines) is 1. The molecule has 13 heteroatoms. The zero-order valence-corrected chi connectivity index (χ0v) is 23.5. The van der Waals surface area contributed by atoms with Crippen molar-refractivity contribution in [2.75, 3.05) is 6.54 Å². The molecule has 2 aromatic heterocycles. The molecule has 3 aliphatic rings. The van der Waals surface area contributed by atoms with Gasteiger partial charge in [-0.2, -0.15) is 10.4 Å². The molecule has 10 nitrogen and oxygen atoms in total. The summed E-state index contributed by atoms with van der Waals surface area (Å²) in [4.78, 5) is 32.8. The molecule has 0 radical (unpaired) electrons. The van der Waals surface area contributed by atoms with E-state index in [-0.39, 0.29) is 28.8 Å². The Balaban J connectivity index is 1.32. The predicted octanol–water partition coefficient (Wildman–Crippen LogP) is 3.22. The van der Waals surface area contributed by atoms with Crippen LogP contribution in [0.25, 0.3) is 5.69 Å². The highest BCUT2D eigenvalue weighted by Crippen LogP contribution is 2.51. The Morgan fingerprint density at radius 3 is 2.48 bits per heavy atom. The van der Waals surface area contributed by atoms with Crippen LogP contribution in [0, 0.1) is 11.3 Å². The van der Waals surface area contributed by atoms with E-state index < -0.39 is 38.0 Å². The standard InChI is InChI=1S/C27H24Cl2N6O4S/c28-20-12-18(35-11-1-10-32-35)3-4-22(20)40(38,39)19-13-21(24(36)33-26(16-30)6-7-26)34(15-19)25(37)27(8-9-27)17-2-5-23(29)31-14-17/h1-5,10-12,14,19,21H,6-9,13,15H2,(H,33,36)/t19-,21+/m1/s1. The van der Waals surface area contributed by atoms with Gasteiger partial charge >= 0.3 is 0 Å². The normalized spacial score (nSPS) is 22.4. The average molecular weight is 599 g/mol. The number of halogens is 2. The highest BCUT2D eigenvalue weighted by atomic mass is 35.5. The van der Waals surface area contributed by atoms with Gasteiger partial charge in [0.05, 0.1) is 32.3 Å². The van der Waals surface area contributed by atoms with E-state index >= 15 is 0 Å². The number of hydrogen-bond acceptors (Lipinski definition) is 7. The number of benzene rings is 1. The lowest BCUT2D eigenvalue weighted by molar-refractivity contribution is -0.140. The molecule has 1 aromatic carbocycles. The van der Waals surface area contributed by atoms with Gasteiger partial charge < -0.3 is 10.2 Å². The third kappa shape index (κ3) is 4.54. The van der Waals surface area contributed by atoms with Crippen molar-refractivity contribution >= 4 is 44.9 Å². The minimum atomic E-state index is -4.05. The number of nitrogens with one attached hydrogen (secondary N) is 1. The quantitative estimate of drug-likeness (QED) is 0.412.